The largest absolute Gasteiger partial charge is 0.396 e. The number of hydrogen-bond donors (Lipinski definition) is 2. The standard InChI is InChI=1S/C13H20N2O2/c1-10(17)13-3-2-12(8-14-13)15-6-4-11(9-15)5-7-16/h2-3,8,10-11,16-17H,4-7,9H2,1H3/t10-,11?/m0/s1. The Morgan fingerprint density at radius 1 is 1.53 bits per heavy atom. The third-order valence-corrected chi connectivity index (χ3v) is 3.39. The van der Waals surface area contributed by atoms with Crippen molar-refractivity contribution in [3.05, 3.63) is 24.0 Å². The summed E-state index contributed by atoms with van der Waals surface area (Å²) in [5, 5.41) is 18.3. The molecule has 0 radical (unpaired) electrons. The van der Waals surface area contributed by atoms with Gasteiger partial charge in [0.25, 0.3) is 0 Å². The number of aromatic nitrogens is 1. The van der Waals surface area contributed by atoms with Gasteiger partial charge in [-0.15, -0.1) is 0 Å². The van der Waals surface area contributed by atoms with E-state index in [1.54, 1.807) is 6.92 Å². The molecule has 0 aromatic carbocycles. The highest BCUT2D eigenvalue weighted by molar-refractivity contribution is 5.45. The van der Waals surface area contributed by atoms with Gasteiger partial charge in [0, 0.05) is 19.7 Å². The third-order valence-electron chi connectivity index (χ3n) is 3.39. The molecule has 0 spiro atoms. The van der Waals surface area contributed by atoms with Crippen LogP contribution in [-0.4, -0.2) is 34.9 Å². The molecule has 17 heavy (non-hydrogen) atoms. The summed E-state index contributed by atoms with van der Waals surface area (Å²) < 4.78 is 0. The molecule has 1 fully saturated rings. The molecule has 0 amide bonds. The smallest absolute Gasteiger partial charge is 0.0931 e. The average molecular weight is 236 g/mol. The minimum absolute atomic E-state index is 0.276. The van der Waals surface area contributed by atoms with Crippen molar-refractivity contribution in [1.29, 1.82) is 0 Å². The van der Waals surface area contributed by atoms with Crippen LogP contribution in [0.4, 0.5) is 5.69 Å². The van der Waals surface area contributed by atoms with Crippen molar-refractivity contribution in [2.24, 2.45) is 5.92 Å². The number of nitrogens with zero attached hydrogens (tertiary/aromatic N) is 2. The Kier molecular flexibility index (Phi) is 3.97. The Labute approximate surface area is 102 Å². The van der Waals surface area contributed by atoms with E-state index in [4.69, 9.17) is 5.11 Å². The van der Waals surface area contributed by atoms with Crippen LogP contribution in [0.5, 0.6) is 0 Å². The van der Waals surface area contributed by atoms with Crippen LogP contribution in [0.15, 0.2) is 18.3 Å². The Bertz CT molecular complexity index is 351. The fraction of sp³-hybridized carbons (Fsp3) is 0.615. The van der Waals surface area contributed by atoms with Gasteiger partial charge >= 0.3 is 0 Å². The van der Waals surface area contributed by atoms with Crippen molar-refractivity contribution in [3.63, 3.8) is 0 Å². The number of aliphatic hydroxyl groups excluding tert-OH is 2. The zero-order valence-electron chi connectivity index (χ0n) is 10.2. The van der Waals surface area contributed by atoms with Crippen LogP contribution in [0.2, 0.25) is 0 Å². The van der Waals surface area contributed by atoms with Crippen LogP contribution in [0, 0.1) is 5.92 Å². The minimum Gasteiger partial charge on any atom is -0.396 e. The molecule has 2 atom stereocenters. The molecule has 1 aromatic heterocycles. The first-order valence-electron chi connectivity index (χ1n) is 6.20. The van der Waals surface area contributed by atoms with E-state index in [1.807, 2.05) is 18.3 Å². The second-order valence-electron chi connectivity index (χ2n) is 4.73. The van der Waals surface area contributed by atoms with E-state index in [9.17, 15) is 5.11 Å². The Morgan fingerprint density at radius 3 is 2.94 bits per heavy atom. The maximum atomic E-state index is 9.39. The van der Waals surface area contributed by atoms with Crippen molar-refractivity contribution in [1.82, 2.24) is 4.98 Å². The molecule has 94 valence electrons. The molecular formula is C13H20N2O2. The van der Waals surface area contributed by atoms with Crippen LogP contribution in [0.3, 0.4) is 0 Å². The van der Waals surface area contributed by atoms with Gasteiger partial charge in [0.2, 0.25) is 0 Å². The van der Waals surface area contributed by atoms with E-state index in [1.165, 1.54) is 0 Å². The number of rotatable bonds is 4. The molecule has 1 aromatic rings. The first kappa shape index (κ1) is 12.3. The quantitative estimate of drug-likeness (QED) is 0.828. The molecule has 0 saturated carbocycles. The van der Waals surface area contributed by atoms with Crippen LogP contribution in [-0.2, 0) is 0 Å². The lowest BCUT2D eigenvalue weighted by Crippen LogP contribution is -2.20. The molecule has 1 aliphatic heterocycles. The molecule has 2 N–H and O–H groups in total. The zero-order valence-corrected chi connectivity index (χ0v) is 10.2. The van der Waals surface area contributed by atoms with E-state index < -0.39 is 6.10 Å². The number of anilines is 1. The van der Waals surface area contributed by atoms with Crippen molar-refractivity contribution < 1.29 is 10.2 Å². The number of pyridine rings is 1. The summed E-state index contributed by atoms with van der Waals surface area (Å²) in [5.41, 5.74) is 1.81. The summed E-state index contributed by atoms with van der Waals surface area (Å²) in [6, 6.07) is 3.88. The van der Waals surface area contributed by atoms with Gasteiger partial charge in [-0.05, 0) is 37.8 Å². The van der Waals surface area contributed by atoms with E-state index in [2.05, 4.69) is 9.88 Å². The molecule has 2 heterocycles. The molecule has 4 nitrogen and oxygen atoms in total. The second kappa shape index (κ2) is 5.47. The number of hydrogen-bond acceptors (Lipinski definition) is 4. The number of aliphatic hydroxyl groups is 2. The molecule has 1 aliphatic rings. The topological polar surface area (TPSA) is 56.6 Å². The summed E-state index contributed by atoms with van der Waals surface area (Å²) in [5.74, 6) is 0.594. The summed E-state index contributed by atoms with van der Waals surface area (Å²) >= 11 is 0. The van der Waals surface area contributed by atoms with Crippen molar-refractivity contribution >= 4 is 5.69 Å². The summed E-state index contributed by atoms with van der Waals surface area (Å²) in [4.78, 5) is 6.54. The maximum Gasteiger partial charge on any atom is 0.0931 e. The van der Waals surface area contributed by atoms with Gasteiger partial charge in [0.05, 0.1) is 23.7 Å². The van der Waals surface area contributed by atoms with Gasteiger partial charge in [-0.1, -0.05) is 0 Å². The van der Waals surface area contributed by atoms with E-state index >= 15 is 0 Å². The molecular weight excluding hydrogens is 216 g/mol. The first-order chi connectivity index (χ1) is 8.20. The lowest BCUT2D eigenvalue weighted by molar-refractivity contribution is 0.194. The lowest BCUT2D eigenvalue weighted by atomic mass is 10.1. The Morgan fingerprint density at radius 2 is 2.35 bits per heavy atom. The Balaban J connectivity index is 1.99. The SMILES string of the molecule is C[C@H](O)c1ccc(N2CCC(CCO)C2)cn1. The van der Waals surface area contributed by atoms with Crippen LogP contribution < -0.4 is 4.90 Å². The van der Waals surface area contributed by atoms with Crippen LogP contribution >= 0.6 is 0 Å². The molecule has 2 rings (SSSR count). The van der Waals surface area contributed by atoms with Gasteiger partial charge in [-0.25, -0.2) is 0 Å². The lowest BCUT2D eigenvalue weighted by Gasteiger charge is -2.18. The van der Waals surface area contributed by atoms with E-state index in [0.717, 1.165) is 31.6 Å². The highest BCUT2D eigenvalue weighted by Crippen LogP contribution is 2.25. The average Bonchev–Trinajstić information content (AvgIpc) is 2.78. The molecule has 1 unspecified atom stereocenters. The third kappa shape index (κ3) is 2.96. The maximum absolute atomic E-state index is 9.39. The highest BCUT2D eigenvalue weighted by atomic mass is 16.3. The summed E-state index contributed by atoms with van der Waals surface area (Å²) in [7, 11) is 0. The van der Waals surface area contributed by atoms with Gasteiger partial charge < -0.3 is 15.1 Å². The molecule has 0 aliphatic carbocycles. The highest BCUT2D eigenvalue weighted by Gasteiger charge is 2.22. The van der Waals surface area contributed by atoms with Gasteiger partial charge in [0.15, 0.2) is 0 Å². The fourth-order valence-corrected chi connectivity index (χ4v) is 2.32. The molecule has 4 heteroatoms. The minimum atomic E-state index is -0.509. The van der Waals surface area contributed by atoms with Crippen molar-refractivity contribution in [2.45, 2.75) is 25.9 Å². The monoisotopic (exact) mass is 236 g/mol. The van der Waals surface area contributed by atoms with Gasteiger partial charge in [-0.2, -0.15) is 0 Å². The van der Waals surface area contributed by atoms with Crippen molar-refractivity contribution in [2.75, 3.05) is 24.6 Å². The zero-order chi connectivity index (χ0) is 12.3. The van der Waals surface area contributed by atoms with Gasteiger partial charge in [-0.3, -0.25) is 4.98 Å². The van der Waals surface area contributed by atoms with Crippen LogP contribution in [0.25, 0.3) is 0 Å². The summed E-state index contributed by atoms with van der Waals surface area (Å²) in [6.45, 7) is 4.02. The predicted octanol–water partition coefficient (Wildman–Crippen LogP) is 1.34. The van der Waals surface area contributed by atoms with Gasteiger partial charge in [0.1, 0.15) is 0 Å². The summed E-state index contributed by atoms with van der Waals surface area (Å²) in [6.07, 6.45) is 3.34. The van der Waals surface area contributed by atoms with E-state index in [-0.39, 0.29) is 6.61 Å². The van der Waals surface area contributed by atoms with Crippen LogP contribution in [0.1, 0.15) is 31.6 Å². The first-order valence-corrected chi connectivity index (χ1v) is 6.20. The second-order valence-corrected chi connectivity index (χ2v) is 4.73. The Hall–Kier alpha value is -1.13. The fourth-order valence-electron chi connectivity index (χ4n) is 2.32. The molecule has 1 saturated heterocycles. The van der Waals surface area contributed by atoms with Crippen molar-refractivity contribution in [3.8, 4) is 0 Å². The molecule has 0 bridgehead atoms. The van der Waals surface area contributed by atoms with E-state index in [0.29, 0.717) is 11.6 Å². The predicted molar refractivity (Wildman–Crippen MR) is 66.9 cm³/mol. The normalized spacial score (nSPS) is 21.8.